The highest BCUT2D eigenvalue weighted by molar-refractivity contribution is 6.05. The van der Waals surface area contributed by atoms with Crippen molar-refractivity contribution in [2.75, 3.05) is 25.1 Å². The molecule has 0 saturated heterocycles. The largest absolute Gasteiger partial charge is 0.494 e. The molecular weight excluding hydrogens is 375 g/mol. The lowest BCUT2D eigenvalue weighted by Gasteiger charge is -2.33. The van der Waals surface area contributed by atoms with Crippen molar-refractivity contribution in [2.24, 2.45) is 0 Å². The van der Waals surface area contributed by atoms with Crippen molar-refractivity contribution in [1.29, 1.82) is 0 Å². The van der Waals surface area contributed by atoms with Crippen LogP contribution in [0.2, 0.25) is 0 Å². The van der Waals surface area contributed by atoms with E-state index in [-0.39, 0.29) is 24.1 Å². The number of anilines is 1. The smallest absolute Gasteiger partial charge is 0.262 e. The molecule has 1 heterocycles. The van der Waals surface area contributed by atoms with E-state index in [1.54, 1.807) is 30.3 Å². The highest BCUT2D eigenvalue weighted by atomic mass is 19.1. The van der Waals surface area contributed by atoms with Crippen LogP contribution in [0.25, 0.3) is 6.08 Å². The fourth-order valence-corrected chi connectivity index (χ4v) is 2.99. The van der Waals surface area contributed by atoms with E-state index >= 15 is 0 Å². The molecule has 0 unspecified atom stereocenters. The molecule has 2 aromatic carbocycles. The molecule has 152 valence electrons. The maximum Gasteiger partial charge on any atom is 0.262 e. The van der Waals surface area contributed by atoms with Crippen LogP contribution in [0.1, 0.15) is 18.9 Å². The fourth-order valence-electron chi connectivity index (χ4n) is 2.99. The number of benzene rings is 2. The molecule has 6 nitrogen and oxygen atoms in total. The first-order chi connectivity index (χ1) is 14.0. The molecular formula is C22H23FN2O4. The van der Waals surface area contributed by atoms with E-state index in [2.05, 4.69) is 5.32 Å². The van der Waals surface area contributed by atoms with Gasteiger partial charge in [0, 0.05) is 12.6 Å². The normalized spacial score (nSPS) is 15.6. The highest BCUT2D eigenvalue weighted by Crippen LogP contribution is 2.33. The summed E-state index contributed by atoms with van der Waals surface area (Å²) < 4.78 is 24.5. The predicted molar refractivity (Wildman–Crippen MR) is 108 cm³/mol. The summed E-state index contributed by atoms with van der Waals surface area (Å²) in [4.78, 5) is 26.7. The van der Waals surface area contributed by atoms with Crippen LogP contribution in [0, 0.1) is 5.82 Å². The summed E-state index contributed by atoms with van der Waals surface area (Å²) in [5, 5.41) is 2.79. The quantitative estimate of drug-likeness (QED) is 0.759. The summed E-state index contributed by atoms with van der Waals surface area (Å²) in [6.45, 7) is 2.59. The van der Waals surface area contributed by atoms with Crippen LogP contribution in [0.5, 0.6) is 11.5 Å². The number of fused-ring (bicyclic) bond motifs is 1. The maximum absolute atomic E-state index is 13.9. The first-order valence-corrected chi connectivity index (χ1v) is 9.40. The molecule has 0 bridgehead atoms. The molecule has 0 fully saturated rings. The first-order valence-electron chi connectivity index (χ1n) is 9.40. The fraction of sp³-hybridized carbons (Fsp3) is 0.273. The van der Waals surface area contributed by atoms with Crippen LogP contribution in [0.15, 0.2) is 48.5 Å². The number of carbonyl (C=O) groups is 2. The third-order valence-electron chi connectivity index (χ3n) is 4.48. The van der Waals surface area contributed by atoms with Crippen LogP contribution < -0.4 is 19.7 Å². The van der Waals surface area contributed by atoms with Crippen molar-refractivity contribution in [3.05, 3.63) is 59.9 Å². The molecule has 7 heteroatoms. The molecule has 3 rings (SSSR count). The molecule has 0 aromatic heterocycles. The minimum atomic E-state index is -0.799. The molecule has 0 saturated carbocycles. The predicted octanol–water partition coefficient (Wildman–Crippen LogP) is 3.17. The van der Waals surface area contributed by atoms with E-state index in [9.17, 15) is 14.0 Å². The van der Waals surface area contributed by atoms with Gasteiger partial charge in [-0.25, -0.2) is 4.39 Å². The summed E-state index contributed by atoms with van der Waals surface area (Å²) in [5.41, 5.74) is 1.11. The topological polar surface area (TPSA) is 67.9 Å². The van der Waals surface area contributed by atoms with Crippen molar-refractivity contribution in [2.45, 2.75) is 19.4 Å². The van der Waals surface area contributed by atoms with Gasteiger partial charge < -0.3 is 19.7 Å². The van der Waals surface area contributed by atoms with Crippen LogP contribution in [-0.2, 0) is 9.59 Å². The van der Waals surface area contributed by atoms with Gasteiger partial charge in [0.2, 0.25) is 0 Å². The average molecular weight is 398 g/mol. The Kier molecular flexibility index (Phi) is 6.49. The number of carbonyl (C=O) groups excluding carboxylic acids is 2. The SMILES string of the molecule is CCCNC(=O)[C@H]1CN(C(=O)/C=C/c2ccc(OC)c(F)c2)c2ccccc2O1. The Balaban J connectivity index is 1.80. The third-order valence-corrected chi connectivity index (χ3v) is 4.48. The molecule has 2 amide bonds. The standard InChI is InChI=1S/C22H23FN2O4/c1-3-12-24-22(27)20-14-25(17-6-4-5-7-19(17)29-20)21(26)11-9-15-8-10-18(28-2)16(23)13-15/h4-11,13,20H,3,12,14H2,1-2H3,(H,24,27)/b11-9+/t20-/m1/s1. The van der Waals surface area contributed by atoms with E-state index in [0.717, 1.165) is 6.42 Å². The third kappa shape index (κ3) is 4.74. The lowest BCUT2D eigenvalue weighted by Crippen LogP contribution is -2.50. The summed E-state index contributed by atoms with van der Waals surface area (Å²) in [7, 11) is 1.39. The van der Waals surface area contributed by atoms with E-state index in [1.165, 1.54) is 36.3 Å². The van der Waals surface area contributed by atoms with Gasteiger partial charge in [0.1, 0.15) is 5.75 Å². The Morgan fingerprint density at radius 1 is 1.31 bits per heavy atom. The van der Waals surface area contributed by atoms with Gasteiger partial charge in [-0.1, -0.05) is 25.1 Å². The number of methoxy groups -OCH3 is 1. The summed E-state index contributed by atoms with van der Waals surface area (Å²) in [6.07, 6.45) is 2.88. The Hall–Kier alpha value is -3.35. The highest BCUT2D eigenvalue weighted by Gasteiger charge is 2.32. The van der Waals surface area contributed by atoms with Crippen LogP contribution in [0.3, 0.4) is 0 Å². The van der Waals surface area contributed by atoms with Crippen molar-refractivity contribution < 1.29 is 23.5 Å². The number of halogens is 1. The molecule has 1 aliphatic rings. The number of nitrogens with one attached hydrogen (secondary N) is 1. The lowest BCUT2D eigenvalue weighted by molar-refractivity contribution is -0.128. The number of rotatable bonds is 6. The minimum Gasteiger partial charge on any atom is -0.494 e. The second kappa shape index (κ2) is 9.23. The Morgan fingerprint density at radius 2 is 2.10 bits per heavy atom. The Morgan fingerprint density at radius 3 is 2.83 bits per heavy atom. The lowest BCUT2D eigenvalue weighted by atomic mass is 10.1. The van der Waals surface area contributed by atoms with E-state index in [1.807, 2.05) is 6.92 Å². The van der Waals surface area contributed by atoms with Gasteiger partial charge in [0.25, 0.3) is 11.8 Å². The minimum absolute atomic E-state index is 0.0900. The van der Waals surface area contributed by atoms with Gasteiger partial charge in [-0.05, 0) is 42.3 Å². The average Bonchev–Trinajstić information content (AvgIpc) is 2.75. The van der Waals surface area contributed by atoms with Crippen molar-refractivity contribution in [1.82, 2.24) is 5.32 Å². The number of ether oxygens (including phenoxy) is 2. The molecule has 1 atom stereocenters. The molecule has 0 aliphatic carbocycles. The molecule has 0 radical (unpaired) electrons. The zero-order valence-electron chi connectivity index (χ0n) is 16.4. The molecule has 0 spiro atoms. The molecule has 1 N–H and O–H groups in total. The number of hydrogen-bond donors (Lipinski definition) is 1. The van der Waals surface area contributed by atoms with Gasteiger partial charge in [-0.3, -0.25) is 9.59 Å². The van der Waals surface area contributed by atoms with Crippen LogP contribution >= 0.6 is 0 Å². The summed E-state index contributed by atoms with van der Waals surface area (Å²) in [6, 6.07) is 11.5. The summed E-state index contributed by atoms with van der Waals surface area (Å²) in [5.74, 6) is -0.499. The molecule has 1 aliphatic heterocycles. The van der Waals surface area contributed by atoms with Gasteiger partial charge in [0.15, 0.2) is 17.7 Å². The number of nitrogens with zero attached hydrogens (tertiary/aromatic N) is 1. The van der Waals surface area contributed by atoms with E-state index in [0.29, 0.717) is 23.5 Å². The monoisotopic (exact) mass is 398 g/mol. The zero-order valence-corrected chi connectivity index (χ0v) is 16.4. The van der Waals surface area contributed by atoms with Gasteiger partial charge in [-0.2, -0.15) is 0 Å². The van der Waals surface area contributed by atoms with Crippen molar-refractivity contribution in [3.8, 4) is 11.5 Å². The Labute approximate surface area is 168 Å². The Bertz CT molecular complexity index is 929. The van der Waals surface area contributed by atoms with E-state index < -0.39 is 11.9 Å². The molecule has 2 aromatic rings. The second-order valence-corrected chi connectivity index (χ2v) is 6.54. The van der Waals surface area contributed by atoms with Gasteiger partial charge in [0.05, 0.1) is 19.3 Å². The van der Waals surface area contributed by atoms with E-state index in [4.69, 9.17) is 9.47 Å². The second-order valence-electron chi connectivity index (χ2n) is 6.54. The number of para-hydroxylation sites is 2. The van der Waals surface area contributed by atoms with Gasteiger partial charge in [-0.15, -0.1) is 0 Å². The van der Waals surface area contributed by atoms with Gasteiger partial charge >= 0.3 is 0 Å². The first kappa shape index (κ1) is 20.4. The molecule has 29 heavy (non-hydrogen) atoms. The summed E-state index contributed by atoms with van der Waals surface area (Å²) >= 11 is 0. The zero-order chi connectivity index (χ0) is 20.8. The number of hydrogen-bond acceptors (Lipinski definition) is 4. The van der Waals surface area contributed by atoms with Crippen LogP contribution in [0.4, 0.5) is 10.1 Å². The van der Waals surface area contributed by atoms with Crippen LogP contribution in [-0.4, -0.2) is 38.1 Å². The van der Waals surface area contributed by atoms with Crippen molar-refractivity contribution >= 4 is 23.6 Å². The number of amides is 2. The van der Waals surface area contributed by atoms with Crippen molar-refractivity contribution in [3.63, 3.8) is 0 Å². The maximum atomic E-state index is 13.9.